The Morgan fingerprint density at radius 2 is 1.83 bits per heavy atom. The monoisotopic (exact) mass is 334 g/mol. The molecule has 1 amide bonds. The first-order chi connectivity index (χ1) is 11.6. The molecule has 2 unspecified atom stereocenters. The lowest BCUT2D eigenvalue weighted by atomic mass is 10.2. The number of likely N-dealkylation sites (tertiary alicyclic amines) is 1. The number of rotatable bonds is 5. The van der Waals surface area contributed by atoms with Crippen LogP contribution in [0.1, 0.15) is 42.8 Å². The van der Waals surface area contributed by atoms with Crippen LogP contribution in [0.3, 0.4) is 0 Å². The predicted octanol–water partition coefficient (Wildman–Crippen LogP) is 1.37. The molecule has 2 atom stereocenters. The van der Waals surface area contributed by atoms with Crippen LogP contribution in [0.25, 0.3) is 0 Å². The molecule has 6 nitrogen and oxygen atoms in total. The maximum Gasteiger partial charge on any atom is 0.257 e. The molecule has 2 aliphatic heterocycles. The van der Waals surface area contributed by atoms with Gasteiger partial charge in [-0.25, -0.2) is 0 Å². The van der Waals surface area contributed by atoms with Crippen LogP contribution in [-0.2, 0) is 6.54 Å². The van der Waals surface area contributed by atoms with Crippen molar-refractivity contribution in [1.82, 2.24) is 14.7 Å². The van der Waals surface area contributed by atoms with E-state index in [2.05, 4.69) is 23.6 Å². The minimum Gasteiger partial charge on any atom is -0.467 e. The molecule has 0 spiro atoms. The fraction of sp³-hybridized carbons (Fsp3) is 0.722. The lowest BCUT2D eigenvalue weighted by Gasteiger charge is -2.36. The molecule has 2 saturated heterocycles. The summed E-state index contributed by atoms with van der Waals surface area (Å²) in [6.07, 6.45) is 4.16. The highest BCUT2D eigenvalue weighted by molar-refractivity contribution is 5.94. The van der Waals surface area contributed by atoms with Gasteiger partial charge in [-0.1, -0.05) is 0 Å². The summed E-state index contributed by atoms with van der Waals surface area (Å²) < 4.78 is 5.27. The van der Waals surface area contributed by atoms with E-state index in [4.69, 9.17) is 10.2 Å². The summed E-state index contributed by atoms with van der Waals surface area (Å²) in [6, 6.07) is 3.17. The largest absolute Gasteiger partial charge is 0.467 e. The van der Waals surface area contributed by atoms with Crippen molar-refractivity contribution in [3.63, 3.8) is 0 Å². The van der Waals surface area contributed by atoms with Gasteiger partial charge >= 0.3 is 0 Å². The van der Waals surface area contributed by atoms with Gasteiger partial charge in [-0.15, -0.1) is 0 Å². The number of furan rings is 1. The smallest absolute Gasteiger partial charge is 0.257 e. The molecule has 0 saturated carbocycles. The molecule has 3 heterocycles. The van der Waals surface area contributed by atoms with Gasteiger partial charge in [-0.2, -0.15) is 0 Å². The van der Waals surface area contributed by atoms with E-state index < -0.39 is 0 Å². The molecule has 6 heteroatoms. The molecule has 24 heavy (non-hydrogen) atoms. The summed E-state index contributed by atoms with van der Waals surface area (Å²) >= 11 is 0. The third-order valence-corrected chi connectivity index (χ3v) is 5.57. The molecular weight excluding hydrogens is 304 g/mol. The Morgan fingerprint density at radius 3 is 2.42 bits per heavy atom. The lowest BCUT2D eigenvalue weighted by molar-refractivity contribution is 0.0614. The zero-order valence-electron chi connectivity index (χ0n) is 14.9. The molecular formula is C18H30N4O2. The highest BCUT2D eigenvalue weighted by atomic mass is 16.3. The fourth-order valence-corrected chi connectivity index (χ4v) is 3.90. The van der Waals surface area contributed by atoms with Crippen molar-refractivity contribution < 1.29 is 9.21 Å². The Hall–Kier alpha value is -1.37. The molecule has 3 rings (SSSR count). The number of piperazine rings is 1. The zero-order valence-corrected chi connectivity index (χ0v) is 14.9. The van der Waals surface area contributed by atoms with Crippen molar-refractivity contribution in [1.29, 1.82) is 0 Å². The first-order valence-electron chi connectivity index (χ1n) is 9.13. The first kappa shape index (κ1) is 17.5. The number of amides is 1. The fourth-order valence-electron chi connectivity index (χ4n) is 3.90. The minimum atomic E-state index is 0.0555. The van der Waals surface area contributed by atoms with E-state index in [0.717, 1.165) is 39.3 Å². The van der Waals surface area contributed by atoms with Gasteiger partial charge < -0.3 is 15.1 Å². The topological polar surface area (TPSA) is 66.0 Å². The van der Waals surface area contributed by atoms with E-state index in [1.165, 1.54) is 19.1 Å². The Bertz CT molecular complexity index is 541. The van der Waals surface area contributed by atoms with E-state index in [-0.39, 0.29) is 5.91 Å². The maximum atomic E-state index is 12.5. The second-order valence-corrected chi connectivity index (χ2v) is 7.15. The number of carbonyl (C=O) groups excluding carboxylic acids is 1. The van der Waals surface area contributed by atoms with E-state index >= 15 is 0 Å². The van der Waals surface area contributed by atoms with Crippen molar-refractivity contribution in [2.75, 3.05) is 39.3 Å². The Kier molecular flexibility index (Phi) is 5.58. The van der Waals surface area contributed by atoms with Crippen LogP contribution < -0.4 is 5.73 Å². The summed E-state index contributed by atoms with van der Waals surface area (Å²) in [5, 5.41) is 0. The average molecular weight is 334 g/mol. The molecule has 0 aliphatic carbocycles. The summed E-state index contributed by atoms with van der Waals surface area (Å²) in [6.45, 7) is 10.7. The van der Waals surface area contributed by atoms with Crippen LogP contribution in [-0.4, -0.2) is 72.0 Å². The molecule has 134 valence electrons. The van der Waals surface area contributed by atoms with Gasteiger partial charge in [0.1, 0.15) is 12.0 Å². The summed E-state index contributed by atoms with van der Waals surface area (Å²) in [7, 11) is 0. The summed E-state index contributed by atoms with van der Waals surface area (Å²) in [5.74, 6) is 0.714. The van der Waals surface area contributed by atoms with Gasteiger partial charge in [0.25, 0.3) is 5.91 Å². The number of hydrogen-bond donors (Lipinski definition) is 1. The molecule has 1 aromatic heterocycles. The molecule has 2 fully saturated rings. The number of hydrogen-bond acceptors (Lipinski definition) is 5. The number of nitrogens with zero attached hydrogens (tertiary/aromatic N) is 3. The highest BCUT2D eigenvalue weighted by Crippen LogP contribution is 2.23. The Labute approximate surface area is 144 Å². The van der Waals surface area contributed by atoms with E-state index in [1.54, 1.807) is 6.07 Å². The van der Waals surface area contributed by atoms with Crippen LogP contribution in [0.15, 0.2) is 16.7 Å². The average Bonchev–Trinajstić information content (AvgIpc) is 3.20. The van der Waals surface area contributed by atoms with Crippen molar-refractivity contribution >= 4 is 5.91 Å². The second-order valence-electron chi connectivity index (χ2n) is 7.15. The first-order valence-corrected chi connectivity index (χ1v) is 9.13. The van der Waals surface area contributed by atoms with E-state index in [0.29, 0.717) is 30.0 Å². The second kappa shape index (κ2) is 7.68. The van der Waals surface area contributed by atoms with Gasteiger partial charge in [-0.05, 0) is 32.8 Å². The molecule has 0 radical (unpaired) electrons. The highest BCUT2D eigenvalue weighted by Gasteiger charge is 2.28. The number of carbonyl (C=O) groups is 1. The van der Waals surface area contributed by atoms with E-state index in [9.17, 15) is 4.79 Å². The minimum absolute atomic E-state index is 0.0555. The standard InChI is InChI=1S/C18H30N4O2/c1-14-3-4-15(2)22(14)10-7-20-5-8-21(9-6-20)18(23)16-11-17(12-19)24-13-16/h11,13-15H,3-10,12,19H2,1-2H3. The van der Waals surface area contributed by atoms with Crippen LogP contribution in [0.2, 0.25) is 0 Å². The molecule has 0 bridgehead atoms. The quantitative estimate of drug-likeness (QED) is 0.881. The van der Waals surface area contributed by atoms with Crippen molar-refractivity contribution in [3.05, 3.63) is 23.7 Å². The maximum absolute atomic E-state index is 12.5. The Morgan fingerprint density at radius 1 is 1.17 bits per heavy atom. The van der Waals surface area contributed by atoms with Gasteiger partial charge in [-0.3, -0.25) is 14.6 Å². The van der Waals surface area contributed by atoms with Crippen molar-refractivity contribution in [2.24, 2.45) is 5.73 Å². The number of nitrogens with two attached hydrogens (primary N) is 1. The predicted molar refractivity (Wildman–Crippen MR) is 93.8 cm³/mol. The van der Waals surface area contributed by atoms with Gasteiger partial charge in [0, 0.05) is 51.4 Å². The molecule has 2 aliphatic rings. The SMILES string of the molecule is CC1CCC(C)N1CCN1CCN(C(=O)c2coc(CN)c2)CC1. The van der Waals surface area contributed by atoms with Gasteiger partial charge in [0.2, 0.25) is 0 Å². The van der Waals surface area contributed by atoms with Crippen molar-refractivity contribution in [2.45, 2.75) is 45.3 Å². The van der Waals surface area contributed by atoms with Gasteiger partial charge in [0.05, 0.1) is 12.1 Å². The molecule has 0 aromatic carbocycles. The molecule has 2 N–H and O–H groups in total. The summed E-state index contributed by atoms with van der Waals surface area (Å²) in [5.41, 5.74) is 6.15. The van der Waals surface area contributed by atoms with Crippen LogP contribution in [0, 0.1) is 0 Å². The lowest BCUT2D eigenvalue weighted by Crippen LogP contribution is -2.50. The third-order valence-electron chi connectivity index (χ3n) is 5.57. The van der Waals surface area contributed by atoms with Gasteiger partial charge in [0.15, 0.2) is 0 Å². The van der Waals surface area contributed by atoms with Crippen LogP contribution >= 0.6 is 0 Å². The van der Waals surface area contributed by atoms with Crippen LogP contribution in [0.5, 0.6) is 0 Å². The van der Waals surface area contributed by atoms with E-state index in [1.807, 2.05) is 4.90 Å². The zero-order chi connectivity index (χ0) is 17.1. The van der Waals surface area contributed by atoms with Crippen LogP contribution in [0.4, 0.5) is 0 Å². The summed E-state index contributed by atoms with van der Waals surface area (Å²) in [4.78, 5) is 19.5. The normalized spacial score (nSPS) is 26.2. The Balaban J connectivity index is 1.44. The van der Waals surface area contributed by atoms with Crippen molar-refractivity contribution in [3.8, 4) is 0 Å². The molecule has 1 aromatic rings. The third kappa shape index (κ3) is 3.82.